The zero-order valence-corrected chi connectivity index (χ0v) is 13.8. The van der Waals surface area contributed by atoms with E-state index in [1.165, 1.54) is 0 Å². The Hall–Kier alpha value is 0.0200. The predicted octanol–water partition coefficient (Wildman–Crippen LogP) is 5.61. The smallest absolute Gasteiger partial charge is 0.394 e. The highest BCUT2D eigenvalue weighted by Gasteiger charge is 2.62. The first-order valence-corrected chi connectivity index (χ1v) is 8.46. The summed E-state index contributed by atoms with van der Waals surface area (Å²) in [5, 5.41) is 9.03. The third-order valence-corrected chi connectivity index (χ3v) is 5.07. The maximum Gasteiger partial charge on any atom is 0.394 e. The van der Waals surface area contributed by atoms with Crippen molar-refractivity contribution in [2.75, 3.05) is 11.9 Å². The molecular formula is C14H21BrF6O. The molecule has 22 heavy (non-hydrogen) atoms. The molecule has 0 aromatic heterocycles. The van der Waals surface area contributed by atoms with Gasteiger partial charge in [-0.25, -0.2) is 0 Å². The van der Waals surface area contributed by atoms with Crippen molar-refractivity contribution < 1.29 is 31.4 Å². The standard InChI is InChI=1S/C7H10BrF3.C7H11F3O/c8-5-1-2-6(3-4-6)7(9,10)11;8-7(9,10)6(3-4-6)2-1-5-11/h1-5H2;11H,1-5H2. The van der Waals surface area contributed by atoms with Crippen LogP contribution in [0.1, 0.15) is 51.4 Å². The molecule has 0 bridgehead atoms. The second-order valence-corrected chi connectivity index (χ2v) is 6.97. The van der Waals surface area contributed by atoms with Crippen LogP contribution < -0.4 is 0 Å². The highest BCUT2D eigenvalue weighted by atomic mass is 79.9. The van der Waals surface area contributed by atoms with Crippen LogP contribution in [0, 0.1) is 10.8 Å². The fourth-order valence-electron chi connectivity index (χ4n) is 2.47. The molecule has 0 amide bonds. The highest BCUT2D eigenvalue weighted by Crippen LogP contribution is 2.61. The molecule has 8 heteroatoms. The lowest BCUT2D eigenvalue weighted by molar-refractivity contribution is -0.189. The first-order valence-electron chi connectivity index (χ1n) is 7.34. The van der Waals surface area contributed by atoms with Gasteiger partial charge in [0.15, 0.2) is 0 Å². The maximum atomic E-state index is 12.2. The minimum atomic E-state index is -4.05. The van der Waals surface area contributed by atoms with Crippen LogP contribution in [0.4, 0.5) is 26.3 Å². The molecule has 2 saturated carbocycles. The van der Waals surface area contributed by atoms with Crippen molar-refractivity contribution in [1.82, 2.24) is 0 Å². The molecule has 0 radical (unpaired) electrons. The molecule has 0 spiro atoms. The molecule has 0 atom stereocenters. The van der Waals surface area contributed by atoms with E-state index in [1.807, 2.05) is 0 Å². The monoisotopic (exact) mass is 398 g/mol. The van der Waals surface area contributed by atoms with Crippen LogP contribution in [0.2, 0.25) is 0 Å². The van der Waals surface area contributed by atoms with Crippen molar-refractivity contribution in [3.05, 3.63) is 0 Å². The first kappa shape index (κ1) is 20.1. The Morgan fingerprint density at radius 2 is 1.14 bits per heavy atom. The molecule has 1 N–H and O–H groups in total. The van der Waals surface area contributed by atoms with E-state index in [-0.39, 0.29) is 32.3 Å². The molecule has 2 fully saturated rings. The fraction of sp³-hybridized carbons (Fsp3) is 1.00. The van der Waals surface area contributed by atoms with Crippen molar-refractivity contribution >= 4 is 15.9 Å². The Bertz CT molecular complexity index is 310. The quantitative estimate of drug-likeness (QED) is 0.455. The molecule has 2 rings (SSSR count). The fourth-order valence-corrected chi connectivity index (χ4v) is 2.76. The number of hydrogen-bond acceptors (Lipinski definition) is 1. The lowest BCUT2D eigenvalue weighted by atomic mass is 10.0. The molecule has 0 aliphatic heterocycles. The van der Waals surface area contributed by atoms with Crippen molar-refractivity contribution in [2.24, 2.45) is 10.8 Å². The number of alkyl halides is 7. The summed E-state index contributed by atoms with van der Waals surface area (Å²) in [5.41, 5.74) is -2.71. The number of hydrogen-bond donors (Lipinski definition) is 1. The summed E-state index contributed by atoms with van der Waals surface area (Å²) in [6.07, 6.45) is -5.58. The molecule has 0 aromatic carbocycles. The van der Waals surface area contributed by atoms with Crippen LogP contribution in [-0.2, 0) is 0 Å². The van der Waals surface area contributed by atoms with E-state index in [1.54, 1.807) is 0 Å². The van der Waals surface area contributed by atoms with Crippen molar-refractivity contribution in [3.63, 3.8) is 0 Å². The van der Waals surface area contributed by atoms with Gasteiger partial charge in [-0.15, -0.1) is 0 Å². The van der Waals surface area contributed by atoms with Gasteiger partial charge in [-0.1, -0.05) is 15.9 Å². The summed E-state index contributed by atoms with van der Waals surface area (Å²) < 4.78 is 73.0. The second-order valence-electron chi connectivity index (χ2n) is 6.18. The van der Waals surface area contributed by atoms with Crippen LogP contribution in [-0.4, -0.2) is 29.4 Å². The van der Waals surface area contributed by atoms with E-state index in [2.05, 4.69) is 15.9 Å². The minimum Gasteiger partial charge on any atom is -0.396 e. The number of aliphatic hydroxyl groups excluding tert-OH is 1. The first-order chi connectivity index (χ1) is 10.0. The van der Waals surface area contributed by atoms with Crippen molar-refractivity contribution in [3.8, 4) is 0 Å². The largest absolute Gasteiger partial charge is 0.396 e. The van der Waals surface area contributed by atoms with Gasteiger partial charge in [0.1, 0.15) is 0 Å². The van der Waals surface area contributed by atoms with Gasteiger partial charge in [0, 0.05) is 11.9 Å². The van der Waals surface area contributed by atoms with Crippen molar-refractivity contribution in [2.45, 2.75) is 63.7 Å². The summed E-state index contributed by atoms with van der Waals surface area (Å²) in [4.78, 5) is 0. The average molecular weight is 399 g/mol. The summed E-state index contributed by atoms with van der Waals surface area (Å²) in [7, 11) is 0. The molecule has 1 nitrogen and oxygen atoms in total. The van der Waals surface area contributed by atoms with E-state index < -0.39 is 23.2 Å². The summed E-state index contributed by atoms with van der Waals surface area (Å²) in [5.74, 6) is 0. The molecule has 0 saturated heterocycles. The van der Waals surface area contributed by atoms with Crippen LogP contribution >= 0.6 is 15.9 Å². The molecular weight excluding hydrogens is 378 g/mol. The van der Waals surface area contributed by atoms with Crippen LogP contribution in [0.5, 0.6) is 0 Å². The molecule has 0 heterocycles. The molecule has 0 aromatic rings. The second kappa shape index (κ2) is 7.28. The van der Waals surface area contributed by atoms with E-state index in [9.17, 15) is 26.3 Å². The van der Waals surface area contributed by atoms with Gasteiger partial charge in [0.05, 0.1) is 10.8 Å². The van der Waals surface area contributed by atoms with Crippen LogP contribution in [0.25, 0.3) is 0 Å². The van der Waals surface area contributed by atoms with E-state index in [4.69, 9.17) is 5.11 Å². The lowest BCUT2D eigenvalue weighted by Gasteiger charge is -2.17. The summed E-state index contributed by atoms with van der Waals surface area (Å²) in [6, 6.07) is 0. The zero-order chi connectivity index (χ0) is 17.1. The normalized spacial score (nSPS) is 21.8. The Morgan fingerprint density at radius 3 is 1.36 bits per heavy atom. The minimum absolute atomic E-state index is 0.0903. The third-order valence-electron chi connectivity index (χ3n) is 4.51. The SMILES string of the molecule is FC(F)(F)C1(CCCBr)CC1.OCCCC1(C(F)(F)F)CC1. The maximum absolute atomic E-state index is 12.2. The van der Waals surface area contributed by atoms with Gasteiger partial charge in [-0.05, 0) is 51.4 Å². The summed E-state index contributed by atoms with van der Waals surface area (Å²) in [6.45, 7) is -0.141. The third kappa shape index (κ3) is 5.01. The Morgan fingerprint density at radius 1 is 0.773 bits per heavy atom. The van der Waals surface area contributed by atoms with Gasteiger partial charge in [0.25, 0.3) is 0 Å². The van der Waals surface area contributed by atoms with Gasteiger partial charge in [0.2, 0.25) is 0 Å². The van der Waals surface area contributed by atoms with Gasteiger partial charge in [-0.3, -0.25) is 0 Å². The Balaban J connectivity index is 0.000000220. The molecule has 2 aliphatic rings. The van der Waals surface area contributed by atoms with Gasteiger partial charge >= 0.3 is 12.4 Å². The number of rotatable bonds is 6. The van der Waals surface area contributed by atoms with Crippen molar-refractivity contribution in [1.29, 1.82) is 0 Å². The van der Waals surface area contributed by atoms with E-state index in [0.29, 0.717) is 31.0 Å². The molecule has 2 aliphatic carbocycles. The Labute approximate surface area is 134 Å². The van der Waals surface area contributed by atoms with E-state index >= 15 is 0 Å². The highest BCUT2D eigenvalue weighted by molar-refractivity contribution is 9.09. The van der Waals surface area contributed by atoms with Gasteiger partial charge < -0.3 is 5.11 Å². The molecule has 0 unspecified atom stereocenters. The van der Waals surface area contributed by atoms with Crippen LogP contribution in [0.3, 0.4) is 0 Å². The number of halogens is 7. The predicted molar refractivity (Wildman–Crippen MR) is 74.8 cm³/mol. The molecule has 132 valence electrons. The van der Waals surface area contributed by atoms with E-state index in [0.717, 1.165) is 0 Å². The van der Waals surface area contributed by atoms with Crippen LogP contribution in [0.15, 0.2) is 0 Å². The Kier molecular flexibility index (Phi) is 6.64. The zero-order valence-electron chi connectivity index (χ0n) is 12.2. The van der Waals surface area contributed by atoms with Gasteiger partial charge in [-0.2, -0.15) is 26.3 Å². The topological polar surface area (TPSA) is 20.2 Å². The number of aliphatic hydroxyl groups is 1. The average Bonchev–Trinajstić information content (AvgIpc) is 3.26. The summed E-state index contributed by atoms with van der Waals surface area (Å²) >= 11 is 3.13. The lowest BCUT2D eigenvalue weighted by Crippen LogP contribution is -2.24.